The van der Waals surface area contributed by atoms with Gasteiger partial charge in [0.1, 0.15) is 11.3 Å². The summed E-state index contributed by atoms with van der Waals surface area (Å²) in [5.74, 6) is 0. The lowest BCUT2D eigenvalue weighted by atomic mass is 9.94. The molecule has 0 aromatic heterocycles. The maximum absolute atomic E-state index is 13.8. The lowest BCUT2D eigenvalue weighted by molar-refractivity contribution is 0.00502. The zero-order valence-electron chi connectivity index (χ0n) is 10.3. The van der Waals surface area contributed by atoms with Gasteiger partial charge in [-0.2, -0.15) is 0 Å². The van der Waals surface area contributed by atoms with Crippen molar-refractivity contribution in [2.75, 3.05) is 19.6 Å². The summed E-state index contributed by atoms with van der Waals surface area (Å²) < 4.78 is 19.0. The molecule has 4 nitrogen and oxygen atoms in total. The van der Waals surface area contributed by atoms with E-state index in [-0.39, 0.29) is 12.6 Å². The molecule has 0 radical (unpaired) electrons. The van der Waals surface area contributed by atoms with Crippen LogP contribution in [0.15, 0.2) is 0 Å². The second-order valence-corrected chi connectivity index (χ2v) is 5.32. The lowest BCUT2D eigenvalue weighted by Crippen LogP contribution is -2.49. The number of carbonyl (C=O) groups is 1. The number of carbonyl (C=O) groups excluding carboxylic acids is 1. The highest BCUT2D eigenvalue weighted by Crippen LogP contribution is 2.26. The molecule has 1 amide bonds. The van der Waals surface area contributed by atoms with E-state index in [1.165, 1.54) is 0 Å². The van der Waals surface area contributed by atoms with Crippen LogP contribution in [0.2, 0.25) is 0 Å². The largest absolute Gasteiger partial charge is 0.444 e. The van der Waals surface area contributed by atoms with E-state index in [1.54, 1.807) is 4.90 Å². The normalized spacial score (nSPS) is 20.7. The van der Waals surface area contributed by atoms with Crippen molar-refractivity contribution in [2.24, 2.45) is 5.73 Å². The van der Waals surface area contributed by atoms with E-state index in [9.17, 15) is 9.18 Å². The van der Waals surface area contributed by atoms with Crippen LogP contribution in [-0.4, -0.2) is 41.9 Å². The summed E-state index contributed by atoms with van der Waals surface area (Å²) in [6, 6.07) is 0. The third kappa shape index (κ3) is 3.63. The standard InChI is InChI=1S/C11H21FN2O2/c1-10(2,3)16-9(15)14-6-4-11(12,8-13)5-7-14/h4-8,13H2,1-3H3. The summed E-state index contributed by atoms with van der Waals surface area (Å²) in [5, 5.41) is 0. The van der Waals surface area contributed by atoms with Gasteiger partial charge < -0.3 is 15.4 Å². The van der Waals surface area contributed by atoms with Crippen LogP contribution in [0, 0.1) is 0 Å². The summed E-state index contributed by atoms with van der Waals surface area (Å²) in [5.41, 5.74) is 3.54. The molecule has 2 N–H and O–H groups in total. The van der Waals surface area contributed by atoms with Crippen molar-refractivity contribution in [2.45, 2.75) is 44.9 Å². The maximum atomic E-state index is 13.8. The molecular formula is C11H21FN2O2. The predicted octanol–water partition coefficient (Wildman–Crippen LogP) is 1.68. The summed E-state index contributed by atoms with van der Waals surface area (Å²) in [6.45, 7) is 6.22. The van der Waals surface area contributed by atoms with Crippen LogP contribution in [0.4, 0.5) is 9.18 Å². The van der Waals surface area contributed by atoms with Gasteiger partial charge in [0.05, 0.1) is 0 Å². The van der Waals surface area contributed by atoms with Gasteiger partial charge in [-0.05, 0) is 20.8 Å². The first-order valence-electron chi connectivity index (χ1n) is 5.63. The van der Waals surface area contributed by atoms with Gasteiger partial charge in [0, 0.05) is 32.5 Å². The minimum absolute atomic E-state index is 0.0230. The number of ether oxygens (including phenoxy) is 1. The van der Waals surface area contributed by atoms with Crippen molar-refractivity contribution in [3.05, 3.63) is 0 Å². The van der Waals surface area contributed by atoms with Crippen molar-refractivity contribution >= 4 is 6.09 Å². The van der Waals surface area contributed by atoms with Crippen LogP contribution in [-0.2, 0) is 4.74 Å². The highest BCUT2D eigenvalue weighted by molar-refractivity contribution is 5.68. The Morgan fingerprint density at radius 3 is 2.31 bits per heavy atom. The summed E-state index contributed by atoms with van der Waals surface area (Å²) in [6.07, 6.45) is 0.220. The van der Waals surface area contributed by atoms with Crippen molar-refractivity contribution in [3.8, 4) is 0 Å². The molecule has 0 bridgehead atoms. The molecule has 0 saturated carbocycles. The minimum atomic E-state index is -1.31. The van der Waals surface area contributed by atoms with Crippen molar-refractivity contribution in [3.63, 3.8) is 0 Å². The molecule has 1 aliphatic heterocycles. The molecule has 0 aliphatic carbocycles. The third-order valence-electron chi connectivity index (χ3n) is 2.68. The summed E-state index contributed by atoms with van der Waals surface area (Å²) in [4.78, 5) is 13.2. The molecular weight excluding hydrogens is 211 g/mol. The molecule has 1 rings (SSSR count). The van der Waals surface area contributed by atoms with Crippen LogP contribution in [0.25, 0.3) is 0 Å². The van der Waals surface area contributed by atoms with E-state index in [2.05, 4.69) is 0 Å². The van der Waals surface area contributed by atoms with Crippen LogP contribution in [0.1, 0.15) is 33.6 Å². The van der Waals surface area contributed by atoms with Gasteiger partial charge in [-0.3, -0.25) is 0 Å². The minimum Gasteiger partial charge on any atom is -0.444 e. The Bertz CT molecular complexity index is 255. The zero-order valence-corrected chi connectivity index (χ0v) is 10.3. The molecule has 0 aromatic rings. The second kappa shape index (κ2) is 4.57. The Morgan fingerprint density at radius 2 is 1.94 bits per heavy atom. The number of rotatable bonds is 1. The molecule has 1 heterocycles. The average molecular weight is 232 g/mol. The monoisotopic (exact) mass is 232 g/mol. The van der Waals surface area contributed by atoms with Gasteiger partial charge in [0.25, 0.3) is 0 Å². The van der Waals surface area contributed by atoms with Gasteiger partial charge >= 0.3 is 6.09 Å². The number of hydrogen-bond acceptors (Lipinski definition) is 3. The Kier molecular flexibility index (Phi) is 3.78. The number of halogens is 1. The van der Waals surface area contributed by atoms with Gasteiger partial charge in [-0.25, -0.2) is 9.18 Å². The zero-order chi connectivity index (χ0) is 12.4. The van der Waals surface area contributed by atoms with Crippen LogP contribution in [0.5, 0.6) is 0 Å². The topological polar surface area (TPSA) is 55.6 Å². The highest BCUT2D eigenvalue weighted by atomic mass is 19.1. The van der Waals surface area contributed by atoms with E-state index in [0.717, 1.165) is 0 Å². The number of nitrogens with two attached hydrogens (primary N) is 1. The Morgan fingerprint density at radius 1 is 1.44 bits per heavy atom. The molecule has 0 spiro atoms. The fourth-order valence-corrected chi connectivity index (χ4v) is 1.62. The van der Waals surface area contributed by atoms with E-state index < -0.39 is 11.3 Å². The first-order valence-corrected chi connectivity index (χ1v) is 5.63. The van der Waals surface area contributed by atoms with E-state index >= 15 is 0 Å². The SMILES string of the molecule is CC(C)(C)OC(=O)N1CCC(F)(CN)CC1. The number of nitrogens with zero attached hydrogens (tertiary/aromatic N) is 1. The van der Waals surface area contributed by atoms with E-state index in [0.29, 0.717) is 25.9 Å². The van der Waals surface area contributed by atoms with Gasteiger partial charge in [0.15, 0.2) is 0 Å². The molecule has 94 valence electrons. The number of hydrogen-bond donors (Lipinski definition) is 1. The molecule has 5 heteroatoms. The maximum Gasteiger partial charge on any atom is 0.410 e. The fraction of sp³-hybridized carbons (Fsp3) is 0.909. The molecule has 0 unspecified atom stereocenters. The average Bonchev–Trinajstić information content (AvgIpc) is 2.16. The van der Waals surface area contributed by atoms with Crippen LogP contribution < -0.4 is 5.73 Å². The molecule has 16 heavy (non-hydrogen) atoms. The van der Waals surface area contributed by atoms with Gasteiger partial charge in [0.2, 0.25) is 0 Å². The second-order valence-electron chi connectivity index (χ2n) is 5.32. The van der Waals surface area contributed by atoms with Crippen molar-refractivity contribution in [1.29, 1.82) is 0 Å². The summed E-state index contributed by atoms with van der Waals surface area (Å²) in [7, 11) is 0. The number of amides is 1. The van der Waals surface area contributed by atoms with Gasteiger partial charge in [-0.1, -0.05) is 0 Å². The van der Waals surface area contributed by atoms with Crippen molar-refractivity contribution < 1.29 is 13.9 Å². The highest BCUT2D eigenvalue weighted by Gasteiger charge is 2.35. The van der Waals surface area contributed by atoms with Crippen LogP contribution in [0.3, 0.4) is 0 Å². The first-order chi connectivity index (χ1) is 7.26. The molecule has 1 saturated heterocycles. The van der Waals surface area contributed by atoms with Crippen molar-refractivity contribution in [1.82, 2.24) is 4.90 Å². The van der Waals surface area contributed by atoms with E-state index in [4.69, 9.17) is 10.5 Å². The summed E-state index contributed by atoms with van der Waals surface area (Å²) >= 11 is 0. The fourth-order valence-electron chi connectivity index (χ4n) is 1.62. The number of likely N-dealkylation sites (tertiary alicyclic amines) is 1. The lowest BCUT2D eigenvalue weighted by Gasteiger charge is -2.36. The Balaban J connectivity index is 2.45. The molecule has 0 atom stereocenters. The smallest absolute Gasteiger partial charge is 0.410 e. The van der Waals surface area contributed by atoms with E-state index in [1.807, 2.05) is 20.8 Å². The third-order valence-corrected chi connectivity index (χ3v) is 2.68. The van der Waals surface area contributed by atoms with Gasteiger partial charge in [-0.15, -0.1) is 0 Å². The molecule has 1 fully saturated rings. The quantitative estimate of drug-likeness (QED) is 0.748. The molecule has 0 aromatic carbocycles. The molecule has 1 aliphatic rings. The first kappa shape index (κ1) is 13.2. The Labute approximate surface area is 95.9 Å². The Hall–Kier alpha value is -0.840. The number of alkyl halides is 1. The number of piperidine rings is 1. The predicted molar refractivity (Wildman–Crippen MR) is 59.9 cm³/mol. The van der Waals surface area contributed by atoms with Crippen LogP contribution >= 0.6 is 0 Å².